The Balaban J connectivity index is 1.85. The molecule has 1 saturated heterocycles. The summed E-state index contributed by atoms with van der Waals surface area (Å²) in [7, 11) is -4.24. The second-order valence-electron chi connectivity index (χ2n) is 5.95. The Morgan fingerprint density at radius 1 is 1.07 bits per heavy atom. The van der Waals surface area contributed by atoms with Crippen LogP contribution >= 0.6 is 0 Å². The van der Waals surface area contributed by atoms with Gasteiger partial charge in [0.15, 0.2) is 5.82 Å². The number of alkyl halides is 3. The molecule has 0 atom stereocenters. The van der Waals surface area contributed by atoms with Gasteiger partial charge in [-0.3, -0.25) is 4.98 Å². The maximum Gasteiger partial charge on any atom is 0.501 e. The Kier molecular flexibility index (Phi) is 5.33. The maximum absolute atomic E-state index is 13.5. The molecule has 0 amide bonds. The monoisotopic (exact) mass is 420 g/mol. The zero-order valence-electron chi connectivity index (χ0n) is 14.6. The van der Waals surface area contributed by atoms with Crippen LogP contribution in [0.15, 0.2) is 35.5 Å². The van der Waals surface area contributed by atoms with E-state index in [2.05, 4.69) is 9.97 Å². The fourth-order valence-electron chi connectivity index (χ4n) is 2.85. The summed E-state index contributed by atoms with van der Waals surface area (Å²) >= 11 is 0. The van der Waals surface area contributed by atoms with Gasteiger partial charge in [-0.05, 0) is 18.2 Å². The predicted molar refractivity (Wildman–Crippen MR) is 92.7 cm³/mol. The molecule has 0 N–H and O–H groups in total. The fourth-order valence-corrected chi connectivity index (χ4v) is 3.84. The number of piperazine rings is 1. The van der Waals surface area contributed by atoms with E-state index in [1.807, 2.05) is 4.90 Å². The molecule has 1 aromatic carbocycles. The van der Waals surface area contributed by atoms with Gasteiger partial charge < -0.3 is 14.5 Å². The Hall–Kier alpha value is -2.63. The second-order valence-corrected chi connectivity index (χ2v) is 7.86. The van der Waals surface area contributed by atoms with Crippen molar-refractivity contribution in [3.8, 4) is 5.88 Å². The van der Waals surface area contributed by atoms with E-state index in [9.17, 15) is 26.0 Å². The Morgan fingerprint density at radius 3 is 2.32 bits per heavy atom. The number of halogens is 4. The van der Waals surface area contributed by atoms with Crippen molar-refractivity contribution in [3.05, 3.63) is 36.4 Å². The van der Waals surface area contributed by atoms with Crippen LogP contribution in [0.25, 0.3) is 0 Å². The summed E-state index contributed by atoms with van der Waals surface area (Å²) in [4.78, 5) is 10.5. The lowest BCUT2D eigenvalue weighted by molar-refractivity contribution is -0.0435. The molecule has 1 fully saturated rings. The molecule has 2 aromatic rings. The van der Waals surface area contributed by atoms with Crippen molar-refractivity contribution in [1.29, 1.82) is 0 Å². The average molecular weight is 420 g/mol. The normalized spacial score (nSPS) is 15.6. The van der Waals surface area contributed by atoms with E-state index in [1.165, 1.54) is 24.4 Å². The van der Waals surface area contributed by atoms with Crippen molar-refractivity contribution < 1.29 is 30.7 Å². The van der Waals surface area contributed by atoms with Gasteiger partial charge in [-0.1, -0.05) is 0 Å². The van der Waals surface area contributed by atoms with E-state index in [1.54, 1.807) is 0 Å². The predicted octanol–water partition coefficient (Wildman–Crippen LogP) is 2.24. The molecule has 152 valence electrons. The van der Waals surface area contributed by atoms with Crippen LogP contribution in [0.5, 0.6) is 5.88 Å². The molecule has 28 heavy (non-hydrogen) atoms. The molecule has 0 aliphatic carbocycles. The van der Waals surface area contributed by atoms with Crippen LogP contribution in [0.4, 0.5) is 29.1 Å². The van der Waals surface area contributed by atoms with Crippen LogP contribution in [0.1, 0.15) is 0 Å². The molecular formula is C16H16F4N4O3S. The smallest absolute Gasteiger partial charge is 0.480 e. The molecule has 0 saturated carbocycles. The number of anilines is 2. The van der Waals surface area contributed by atoms with Gasteiger partial charge in [-0.2, -0.15) is 18.2 Å². The highest BCUT2D eigenvalue weighted by Crippen LogP contribution is 2.36. The third-order valence-electron chi connectivity index (χ3n) is 4.27. The number of hydrogen-bond acceptors (Lipinski definition) is 7. The van der Waals surface area contributed by atoms with Crippen LogP contribution < -0.4 is 14.5 Å². The fraction of sp³-hybridized carbons (Fsp3) is 0.375. The molecule has 1 aromatic heterocycles. The number of benzene rings is 1. The van der Waals surface area contributed by atoms with Crippen molar-refractivity contribution in [3.63, 3.8) is 0 Å². The number of ether oxygens (including phenoxy) is 1. The van der Waals surface area contributed by atoms with E-state index in [0.717, 1.165) is 12.1 Å². The zero-order chi connectivity index (χ0) is 20.5. The summed E-state index contributed by atoms with van der Waals surface area (Å²) in [6.45, 7) is 1.13. The molecular weight excluding hydrogens is 404 g/mol. The van der Waals surface area contributed by atoms with Gasteiger partial charge in [0.2, 0.25) is 5.88 Å². The number of sulfone groups is 1. The minimum absolute atomic E-state index is 0.185. The highest BCUT2D eigenvalue weighted by molar-refractivity contribution is 7.92. The number of nitrogens with zero attached hydrogens (tertiary/aromatic N) is 4. The SMILES string of the molecule is COc1cncc(N2CCN(c3ccc(F)cc3S(=O)(=O)C(F)(F)F)CC2)n1. The maximum atomic E-state index is 13.5. The van der Waals surface area contributed by atoms with E-state index in [4.69, 9.17) is 4.74 Å². The van der Waals surface area contributed by atoms with E-state index >= 15 is 0 Å². The van der Waals surface area contributed by atoms with Gasteiger partial charge >= 0.3 is 5.51 Å². The van der Waals surface area contributed by atoms with Crippen molar-refractivity contribution in [2.45, 2.75) is 10.4 Å². The molecule has 2 heterocycles. The average Bonchev–Trinajstić information content (AvgIpc) is 2.67. The lowest BCUT2D eigenvalue weighted by Crippen LogP contribution is -2.47. The molecule has 0 unspecified atom stereocenters. The van der Waals surface area contributed by atoms with E-state index in [0.29, 0.717) is 30.9 Å². The van der Waals surface area contributed by atoms with Crippen LogP contribution in [0.3, 0.4) is 0 Å². The first-order chi connectivity index (χ1) is 13.1. The van der Waals surface area contributed by atoms with Crippen molar-refractivity contribution in [2.75, 3.05) is 43.1 Å². The van der Waals surface area contributed by atoms with Gasteiger partial charge in [0.05, 0.1) is 25.2 Å². The van der Waals surface area contributed by atoms with E-state index in [-0.39, 0.29) is 18.8 Å². The van der Waals surface area contributed by atoms with Crippen LogP contribution in [0, 0.1) is 5.82 Å². The van der Waals surface area contributed by atoms with Crippen LogP contribution in [0.2, 0.25) is 0 Å². The van der Waals surface area contributed by atoms with Gasteiger partial charge in [0.1, 0.15) is 10.7 Å². The first-order valence-electron chi connectivity index (χ1n) is 8.10. The summed E-state index contributed by atoms with van der Waals surface area (Å²) < 4.78 is 81.2. The highest BCUT2D eigenvalue weighted by Gasteiger charge is 2.48. The first-order valence-corrected chi connectivity index (χ1v) is 9.58. The van der Waals surface area contributed by atoms with Crippen LogP contribution in [-0.4, -0.2) is 57.2 Å². The van der Waals surface area contributed by atoms with Crippen LogP contribution in [-0.2, 0) is 9.84 Å². The van der Waals surface area contributed by atoms with Gasteiger partial charge in [0.25, 0.3) is 9.84 Å². The summed E-state index contributed by atoms with van der Waals surface area (Å²) in [5, 5.41) is 0. The zero-order valence-corrected chi connectivity index (χ0v) is 15.5. The molecule has 7 nitrogen and oxygen atoms in total. The standard InChI is InChI=1S/C16H16F4N4O3S/c1-27-15-10-21-9-14(22-15)24-6-4-23(5-7-24)12-3-2-11(17)8-13(12)28(25,26)16(18,19)20/h2-3,8-10H,4-7H2,1H3. The molecule has 0 spiro atoms. The summed E-state index contributed by atoms with van der Waals surface area (Å²) in [6, 6.07) is 2.39. The van der Waals surface area contributed by atoms with Crippen molar-refractivity contribution in [2.24, 2.45) is 0 Å². The summed E-state index contributed by atoms with van der Waals surface area (Å²) in [6.07, 6.45) is 2.96. The number of aromatic nitrogens is 2. The summed E-state index contributed by atoms with van der Waals surface area (Å²) in [5.74, 6) is -0.213. The molecule has 3 rings (SSSR count). The Morgan fingerprint density at radius 2 is 1.71 bits per heavy atom. The van der Waals surface area contributed by atoms with Gasteiger partial charge in [0, 0.05) is 26.2 Å². The third kappa shape index (κ3) is 3.81. The third-order valence-corrected chi connectivity index (χ3v) is 5.78. The molecule has 0 bridgehead atoms. The van der Waals surface area contributed by atoms with E-state index < -0.39 is 26.1 Å². The molecule has 12 heteroatoms. The lowest BCUT2D eigenvalue weighted by Gasteiger charge is -2.37. The minimum atomic E-state index is -5.69. The Bertz CT molecular complexity index is 961. The summed E-state index contributed by atoms with van der Waals surface area (Å²) in [5.41, 5.74) is -5.71. The molecule has 0 radical (unpaired) electrons. The number of methoxy groups -OCH3 is 1. The second kappa shape index (κ2) is 7.41. The molecule has 1 aliphatic heterocycles. The highest BCUT2D eigenvalue weighted by atomic mass is 32.2. The first kappa shape index (κ1) is 20.1. The lowest BCUT2D eigenvalue weighted by atomic mass is 10.2. The van der Waals surface area contributed by atoms with Gasteiger partial charge in [-0.25, -0.2) is 12.8 Å². The number of rotatable bonds is 4. The largest absolute Gasteiger partial charge is 0.501 e. The van der Waals surface area contributed by atoms with Crippen molar-refractivity contribution in [1.82, 2.24) is 9.97 Å². The number of hydrogen-bond donors (Lipinski definition) is 0. The quantitative estimate of drug-likeness (QED) is 0.703. The Labute approximate surface area is 158 Å². The topological polar surface area (TPSA) is 75.6 Å². The minimum Gasteiger partial charge on any atom is -0.480 e. The molecule has 1 aliphatic rings. The van der Waals surface area contributed by atoms with Crippen molar-refractivity contribution >= 4 is 21.3 Å². The van der Waals surface area contributed by atoms with Gasteiger partial charge in [-0.15, -0.1) is 0 Å².